The first kappa shape index (κ1) is 19.3. The largest absolute Gasteiger partial charge is 0.494 e. The number of carbonyl (C=O) groups excluding carboxylic acids is 1. The van der Waals surface area contributed by atoms with Crippen LogP contribution in [-0.2, 0) is 9.63 Å². The Morgan fingerprint density at radius 2 is 1.54 bits per heavy atom. The molecule has 0 aliphatic carbocycles. The molecule has 0 bridgehead atoms. The second-order valence-corrected chi connectivity index (χ2v) is 5.60. The second-order valence-electron chi connectivity index (χ2n) is 5.60. The zero-order valence-electron chi connectivity index (χ0n) is 15.3. The maximum absolute atomic E-state index is 11.1. The lowest BCUT2D eigenvalue weighted by Crippen LogP contribution is -2.21. The number of amides is 1. The summed E-state index contributed by atoms with van der Waals surface area (Å²) < 4.78 is 5.46. The fraction of sp³-hybridized carbons (Fsp3) is 0.190. The molecule has 26 heavy (non-hydrogen) atoms. The van der Waals surface area contributed by atoms with Crippen LogP contribution >= 0.6 is 0 Å². The Balaban J connectivity index is 2.35. The van der Waals surface area contributed by atoms with Crippen molar-refractivity contribution >= 4 is 18.6 Å². The molecule has 2 N–H and O–H groups in total. The number of carbonyl (C=O) groups is 1. The first-order valence-electron chi connectivity index (χ1n) is 8.38. The van der Waals surface area contributed by atoms with E-state index in [1.165, 1.54) is 12.7 Å². The minimum absolute atomic E-state index is 0.597. The lowest BCUT2D eigenvalue weighted by molar-refractivity contribution is -0.108. The molecule has 5 heteroatoms. The van der Waals surface area contributed by atoms with Crippen molar-refractivity contribution in [2.45, 2.75) is 13.8 Å². The van der Waals surface area contributed by atoms with E-state index in [1.807, 2.05) is 74.5 Å². The van der Waals surface area contributed by atoms with E-state index in [0.29, 0.717) is 24.4 Å². The monoisotopic (exact) mass is 352 g/mol. The predicted octanol–water partition coefficient (Wildman–Crippen LogP) is 3.67. The molecule has 2 aromatic carbocycles. The fourth-order valence-electron chi connectivity index (χ4n) is 2.36. The van der Waals surface area contributed by atoms with Gasteiger partial charge in [-0.05, 0) is 49.3 Å². The summed E-state index contributed by atoms with van der Waals surface area (Å²) in [5, 5.41) is 2.73. The van der Waals surface area contributed by atoms with Crippen molar-refractivity contribution in [3.8, 4) is 5.75 Å². The third-order valence-electron chi connectivity index (χ3n) is 3.61. The van der Waals surface area contributed by atoms with E-state index in [9.17, 15) is 4.79 Å². The maximum Gasteiger partial charge on any atom is 0.211 e. The summed E-state index contributed by atoms with van der Waals surface area (Å²) in [5.74, 6) is 0.812. The smallest absolute Gasteiger partial charge is 0.211 e. The highest BCUT2D eigenvalue weighted by Crippen LogP contribution is 2.17. The second kappa shape index (κ2) is 10.1. The van der Waals surface area contributed by atoms with Gasteiger partial charge in [-0.2, -0.15) is 0 Å². The number of nitrogens with one attached hydrogen (secondary N) is 2. The molecule has 5 nitrogen and oxygen atoms in total. The minimum Gasteiger partial charge on any atom is -0.494 e. The topological polar surface area (TPSA) is 59.6 Å². The number of hydrogen-bond acceptors (Lipinski definition) is 4. The van der Waals surface area contributed by atoms with Gasteiger partial charge in [-0.25, -0.2) is 0 Å². The van der Waals surface area contributed by atoms with Gasteiger partial charge < -0.3 is 10.1 Å². The molecule has 0 spiro atoms. The standard InChI is InChI=1S/C21H24N2O3/c1-4-26-19-11-9-18(10-12-19)14-21(23-25-3)20(22-15-24)13-17-7-5-16(2)6-8-17/h5-15,23H,4H2,1-3H3,(H,22,24)/b20-13-,21-14-. The molecule has 0 saturated carbocycles. The molecule has 0 aromatic heterocycles. The Bertz CT molecular complexity index is 763. The Kier molecular flexibility index (Phi) is 7.46. The van der Waals surface area contributed by atoms with E-state index in [0.717, 1.165) is 16.9 Å². The summed E-state index contributed by atoms with van der Waals surface area (Å²) in [5.41, 5.74) is 7.14. The molecule has 0 heterocycles. The van der Waals surface area contributed by atoms with Crippen LogP contribution in [0.3, 0.4) is 0 Å². The normalized spacial score (nSPS) is 11.8. The molecule has 1 amide bonds. The zero-order chi connectivity index (χ0) is 18.8. The van der Waals surface area contributed by atoms with Gasteiger partial charge in [0.15, 0.2) is 0 Å². The van der Waals surface area contributed by atoms with Crippen molar-refractivity contribution in [3.63, 3.8) is 0 Å². The Labute approximate surface area is 154 Å². The first-order valence-corrected chi connectivity index (χ1v) is 8.38. The molecular weight excluding hydrogens is 328 g/mol. The summed E-state index contributed by atoms with van der Waals surface area (Å²) in [7, 11) is 1.52. The van der Waals surface area contributed by atoms with Gasteiger partial charge in [-0.15, -0.1) is 0 Å². The lowest BCUT2D eigenvalue weighted by Gasteiger charge is -2.13. The molecule has 0 unspecified atom stereocenters. The van der Waals surface area contributed by atoms with Gasteiger partial charge in [-0.3, -0.25) is 15.1 Å². The van der Waals surface area contributed by atoms with Crippen LogP contribution in [0.5, 0.6) is 5.75 Å². The average Bonchev–Trinajstić information content (AvgIpc) is 2.64. The third-order valence-corrected chi connectivity index (χ3v) is 3.61. The van der Waals surface area contributed by atoms with E-state index >= 15 is 0 Å². The van der Waals surface area contributed by atoms with Crippen LogP contribution in [-0.4, -0.2) is 20.1 Å². The van der Waals surface area contributed by atoms with E-state index in [4.69, 9.17) is 9.57 Å². The van der Waals surface area contributed by atoms with Crippen LogP contribution < -0.4 is 15.5 Å². The quantitative estimate of drug-likeness (QED) is 0.411. The van der Waals surface area contributed by atoms with Crippen molar-refractivity contribution < 1.29 is 14.4 Å². The van der Waals surface area contributed by atoms with Crippen LogP contribution in [0.4, 0.5) is 0 Å². The molecule has 0 aliphatic heterocycles. The van der Waals surface area contributed by atoms with Crippen LogP contribution in [0, 0.1) is 6.92 Å². The van der Waals surface area contributed by atoms with Crippen molar-refractivity contribution in [3.05, 3.63) is 76.6 Å². The van der Waals surface area contributed by atoms with Crippen LogP contribution in [0.15, 0.2) is 59.9 Å². The van der Waals surface area contributed by atoms with Crippen molar-refractivity contribution in [1.82, 2.24) is 10.8 Å². The number of rotatable bonds is 9. The molecule has 0 saturated heterocycles. The average molecular weight is 352 g/mol. The highest BCUT2D eigenvalue weighted by molar-refractivity contribution is 5.69. The van der Waals surface area contributed by atoms with Crippen molar-refractivity contribution in [2.75, 3.05) is 13.7 Å². The summed E-state index contributed by atoms with van der Waals surface area (Å²) in [6.07, 6.45) is 4.40. The number of aryl methyl sites for hydroxylation is 1. The van der Waals surface area contributed by atoms with E-state index < -0.39 is 0 Å². The van der Waals surface area contributed by atoms with Gasteiger partial charge in [0.2, 0.25) is 6.41 Å². The van der Waals surface area contributed by atoms with Crippen molar-refractivity contribution in [2.24, 2.45) is 0 Å². The molecule has 0 fully saturated rings. The minimum atomic E-state index is 0.597. The van der Waals surface area contributed by atoms with E-state index in [-0.39, 0.29) is 0 Å². The van der Waals surface area contributed by atoms with Gasteiger partial charge in [0.05, 0.1) is 25.1 Å². The first-order chi connectivity index (χ1) is 12.7. The lowest BCUT2D eigenvalue weighted by atomic mass is 10.1. The molecule has 2 rings (SSSR count). The molecule has 0 radical (unpaired) electrons. The number of hydroxylamine groups is 1. The van der Waals surface area contributed by atoms with Gasteiger partial charge in [0.25, 0.3) is 0 Å². The van der Waals surface area contributed by atoms with Crippen molar-refractivity contribution in [1.29, 1.82) is 0 Å². The zero-order valence-corrected chi connectivity index (χ0v) is 15.3. The van der Waals surface area contributed by atoms with Crippen LogP contribution in [0.25, 0.3) is 12.2 Å². The Morgan fingerprint density at radius 3 is 2.08 bits per heavy atom. The Morgan fingerprint density at radius 1 is 0.962 bits per heavy atom. The maximum atomic E-state index is 11.1. The summed E-state index contributed by atoms with van der Waals surface area (Å²) in [6.45, 7) is 4.60. The summed E-state index contributed by atoms with van der Waals surface area (Å²) in [6, 6.07) is 15.7. The van der Waals surface area contributed by atoms with E-state index in [2.05, 4.69) is 10.8 Å². The third kappa shape index (κ3) is 5.79. The fourth-order valence-corrected chi connectivity index (χ4v) is 2.36. The van der Waals surface area contributed by atoms with Gasteiger partial charge in [0.1, 0.15) is 5.75 Å². The summed E-state index contributed by atoms with van der Waals surface area (Å²) >= 11 is 0. The SMILES string of the molecule is CCOc1ccc(/C=C(NOC)/C(=C/c2ccc(C)cc2)NC=O)cc1. The van der Waals surface area contributed by atoms with Crippen LogP contribution in [0.1, 0.15) is 23.6 Å². The molecule has 0 aliphatic rings. The molecule has 2 aromatic rings. The van der Waals surface area contributed by atoms with Crippen LogP contribution in [0.2, 0.25) is 0 Å². The highest BCUT2D eigenvalue weighted by Gasteiger charge is 2.06. The summed E-state index contributed by atoms with van der Waals surface area (Å²) in [4.78, 5) is 16.2. The predicted molar refractivity (Wildman–Crippen MR) is 104 cm³/mol. The highest BCUT2D eigenvalue weighted by atomic mass is 16.6. The molecule has 0 atom stereocenters. The van der Waals surface area contributed by atoms with Gasteiger partial charge in [-0.1, -0.05) is 42.0 Å². The number of hydrogen-bond donors (Lipinski definition) is 2. The molecule has 136 valence electrons. The Hall–Kier alpha value is -3.05. The number of ether oxygens (including phenoxy) is 1. The van der Waals surface area contributed by atoms with Gasteiger partial charge in [0, 0.05) is 0 Å². The van der Waals surface area contributed by atoms with Gasteiger partial charge >= 0.3 is 0 Å². The number of benzene rings is 2. The van der Waals surface area contributed by atoms with E-state index in [1.54, 1.807) is 0 Å². The molecular formula is C21H24N2O3.